The van der Waals surface area contributed by atoms with Crippen LogP contribution in [-0.2, 0) is 20.6 Å². The van der Waals surface area contributed by atoms with Crippen LogP contribution in [0.3, 0.4) is 0 Å². The summed E-state index contributed by atoms with van der Waals surface area (Å²) in [5.41, 5.74) is 0.732. The highest BCUT2D eigenvalue weighted by Gasteiger charge is 2.25. The molecule has 134 valence electrons. The Morgan fingerprint density at radius 1 is 1.20 bits per heavy atom. The van der Waals surface area contributed by atoms with Crippen LogP contribution in [-0.4, -0.2) is 42.1 Å². The number of nitrogens with zero attached hydrogens (tertiary/aromatic N) is 3. The van der Waals surface area contributed by atoms with Gasteiger partial charge in [0.25, 0.3) is 0 Å². The number of sulfonamides is 1. The summed E-state index contributed by atoms with van der Waals surface area (Å²) in [6.45, 7) is 2.89. The fourth-order valence-corrected chi connectivity index (χ4v) is 4.28. The van der Waals surface area contributed by atoms with Crippen molar-refractivity contribution in [3.8, 4) is 0 Å². The fourth-order valence-electron chi connectivity index (χ4n) is 3.10. The van der Waals surface area contributed by atoms with Crippen molar-refractivity contribution < 1.29 is 13.2 Å². The Kier molecular flexibility index (Phi) is 5.08. The molecule has 1 amide bonds. The number of aromatic nitrogens is 2. The van der Waals surface area contributed by atoms with Gasteiger partial charge in [0.15, 0.2) is 0 Å². The second-order valence-electron chi connectivity index (χ2n) is 6.25. The van der Waals surface area contributed by atoms with E-state index >= 15 is 0 Å². The van der Waals surface area contributed by atoms with E-state index in [0.717, 1.165) is 18.4 Å². The fraction of sp³-hybridized carbons (Fsp3) is 0.412. The van der Waals surface area contributed by atoms with Crippen molar-refractivity contribution in [2.24, 2.45) is 0 Å². The van der Waals surface area contributed by atoms with Gasteiger partial charge in [-0.05, 0) is 18.4 Å². The molecule has 1 fully saturated rings. The van der Waals surface area contributed by atoms with E-state index in [1.807, 2.05) is 18.2 Å². The Balaban J connectivity index is 1.69. The topological polar surface area (TPSA) is 84.3 Å². The summed E-state index contributed by atoms with van der Waals surface area (Å²) in [7, 11) is -3.52. The largest absolute Gasteiger partial charge is 0.343 e. The number of rotatable bonds is 5. The molecule has 0 aliphatic carbocycles. The molecule has 0 bridgehead atoms. The number of likely N-dealkylation sites (tertiary alicyclic amines) is 1. The number of anilines is 1. The van der Waals surface area contributed by atoms with Gasteiger partial charge in [-0.3, -0.25) is 9.52 Å². The van der Waals surface area contributed by atoms with Gasteiger partial charge in [0.05, 0.1) is 18.0 Å². The van der Waals surface area contributed by atoms with Crippen molar-refractivity contribution in [3.63, 3.8) is 0 Å². The molecule has 1 aromatic heterocycles. The van der Waals surface area contributed by atoms with Gasteiger partial charge in [0.2, 0.25) is 15.9 Å². The number of benzene rings is 1. The van der Waals surface area contributed by atoms with E-state index in [1.165, 1.54) is 0 Å². The Labute approximate surface area is 147 Å². The predicted octanol–water partition coefficient (Wildman–Crippen LogP) is 2.01. The minimum Gasteiger partial charge on any atom is -0.343 e. The summed E-state index contributed by atoms with van der Waals surface area (Å²) < 4.78 is 29.2. The number of amides is 1. The molecule has 25 heavy (non-hydrogen) atoms. The molecular formula is C17H22N4O3S. The van der Waals surface area contributed by atoms with Gasteiger partial charge in [0, 0.05) is 26.1 Å². The monoisotopic (exact) mass is 362 g/mol. The summed E-state index contributed by atoms with van der Waals surface area (Å²) in [5, 5.41) is 4.29. The molecule has 0 unspecified atom stereocenters. The van der Waals surface area contributed by atoms with Gasteiger partial charge in [0.1, 0.15) is 5.82 Å². The summed E-state index contributed by atoms with van der Waals surface area (Å²) >= 11 is 0. The zero-order valence-corrected chi connectivity index (χ0v) is 14.9. The van der Waals surface area contributed by atoms with E-state index in [1.54, 1.807) is 40.9 Å². The van der Waals surface area contributed by atoms with Crippen LogP contribution < -0.4 is 4.72 Å². The number of hydrogen-bond acceptors (Lipinski definition) is 4. The highest BCUT2D eigenvalue weighted by molar-refractivity contribution is 7.91. The van der Waals surface area contributed by atoms with Gasteiger partial charge < -0.3 is 4.90 Å². The molecule has 2 aromatic rings. The molecule has 1 aromatic carbocycles. The first-order valence-electron chi connectivity index (χ1n) is 8.28. The Hall–Kier alpha value is -2.35. The lowest BCUT2D eigenvalue weighted by atomic mass is 10.1. The predicted molar refractivity (Wildman–Crippen MR) is 95.4 cm³/mol. The third kappa shape index (κ3) is 4.39. The van der Waals surface area contributed by atoms with Crippen LogP contribution in [0.4, 0.5) is 5.82 Å². The van der Waals surface area contributed by atoms with E-state index in [9.17, 15) is 13.2 Å². The second-order valence-corrected chi connectivity index (χ2v) is 7.97. The molecule has 0 spiro atoms. The standard InChI is InChI=1S/C17H22N4O3S/c1-14(22)20-11-8-16(9-12-20)21-17(7-10-18-21)19-25(23,24)13-15-5-3-2-4-6-15/h2-7,10,16,19H,8-9,11-13H2,1H3. The van der Waals surface area contributed by atoms with Crippen molar-refractivity contribution in [1.29, 1.82) is 0 Å². The Morgan fingerprint density at radius 2 is 1.88 bits per heavy atom. The molecule has 0 atom stereocenters. The van der Waals surface area contributed by atoms with Crippen LogP contribution >= 0.6 is 0 Å². The molecule has 1 saturated heterocycles. The molecule has 0 saturated carbocycles. The minimum atomic E-state index is -3.52. The molecule has 1 N–H and O–H groups in total. The van der Waals surface area contributed by atoms with Gasteiger partial charge >= 0.3 is 0 Å². The van der Waals surface area contributed by atoms with Gasteiger partial charge in [-0.25, -0.2) is 13.1 Å². The molecule has 8 heteroatoms. The van der Waals surface area contributed by atoms with Crippen molar-refractivity contribution in [3.05, 3.63) is 48.2 Å². The average molecular weight is 362 g/mol. The lowest BCUT2D eigenvalue weighted by Crippen LogP contribution is -2.38. The highest BCUT2D eigenvalue weighted by atomic mass is 32.2. The van der Waals surface area contributed by atoms with Crippen LogP contribution in [0.15, 0.2) is 42.6 Å². The quantitative estimate of drug-likeness (QED) is 0.882. The van der Waals surface area contributed by atoms with E-state index in [0.29, 0.717) is 18.9 Å². The normalized spacial score (nSPS) is 16.0. The zero-order chi connectivity index (χ0) is 17.9. The molecule has 7 nitrogen and oxygen atoms in total. The number of piperidine rings is 1. The number of nitrogens with one attached hydrogen (secondary N) is 1. The van der Waals surface area contributed by atoms with Crippen LogP contribution in [0, 0.1) is 0 Å². The summed E-state index contributed by atoms with van der Waals surface area (Å²) in [6, 6.07) is 10.8. The number of hydrogen-bond donors (Lipinski definition) is 1. The number of carbonyl (C=O) groups excluding carboxylic acids is 1. The molecule has 0 radical (unpaired) electrons. The third-order valence-corrected chi connectivity index (χ3v) is 5.62. The zero-order valence-electron chi connectivity index (χ0n) is 14.1. The minimum absolute atomic E-state index is 0.0719. The van der Waals surface area contributed by atoms with Gasteiger partial charge in [-0.1, -0.05) is 30.3 Å². The first-order valence-corrected chi connectivity index (χ1v) is 9.93. The average Bonchev–Trinajstić information content (AvgIpc) is 3.02. The lowest BCUT2D eigenvalue weighted by molar-refractivity contribution is -0.130. The maximum absolute atomic E-state index is 12.4. The van der Waals surface area contributed by atoms with Crippen molar-refractivity contribution in [2.75, 3.05) is 17.8 Å². The van der Waals surface area contributed by atoms with Crippen molar-refractivity contribution in [1.82, 2.24) is 14.7 Å². The second kappa shape index (κ2) is 7.26. The molecule has 3 rings (SSSR count). The van der Waals surface area contributed by atoms with Crippen LogP contribution in [0.2, 0.25) is 0 Å². The third-order valence-electron chi connectivity index (χ3n) is 4.39. The van der Waals surface area contributed by atoms with Crippen molar-refractivity contribution in [2.45, 2.75) is 31.6 Å². The maximum atomic E-state index is 12.4. The van der Waals surface area contributed by atoms with Gasteiger partial charge in [-0.15, -0.1) is 0 Å². The van der Waals surface area contributed by atoms with Crippen LogP contribution in [0.5, 0.6) is 0 Å². The molecule has 1 aliphatic rings. The van der Waals surface area contributed by atoms with E-state index in [-0.39, 0.29) is 17.7 Å². The maximum Gasteiger partial charge on any atom is 0.238 e. The number of carbonyl (C=O) groups is 1. The van der Waals surface area contributed by atoms with E-state index in [4.69, 9.17) is 0 Å². The van der Waals surface area contributed by atoms with Crippen LogP contribution in [0.1, 0.15) is 31.4 Å². The SMILES string of the molecule is CC(=O)N1CCC(n2nccc2NS(=O)(=O)Cc2ccccc2)CC1. The molecule has 1 aliphatic heterocycles. The lowest BCUT2D eigenvalue weighted by Gasteiger charge is -2.32. The Morgan fingerprint density at radius 3 is 2.52 bits per heavy atom. The van der Waals surface area contributed by atoms with Crippen molar-refractivity contribution >= 4 is 21.7 Å². The molecular weight excluding hydrogens is 340 g/mol. The summed E-state index contributed by atoms with van der Waals surface area (Å²) in [6.07, 6.45) is 3.11. The van der Waals surface area contributed by atoms with E-state index in [2.05, 4.69) is 9.82 Å². The summed E-state index contributed by atoms with van der Waals surface area (Å²) in [4.78, 5) is 13.2. The first kappa shape index (κ1) is 17.5. The highest BCUT2D eigenvalue weighted by Crippen LogP contribution is 2.26. The first-order chi connectivity index (χ1) is 11.9. The van der Waals surface area contributed by atoms with Crippen LogP contribution in [0.25, 0.3) is 0 Å². The summed E-state index contributed by atoms with van der Waals surface area (Å²) in [5.74, 6) is 0.460. The van der Waals surface area contributed by atoms with Gasteiger partial charge in [-0.2, -0.15) is 5.10 Å². The smallest absolute Gasteiger partial charge is 0.238 e. The Bertz CT molecular complexity index is 825. The molecule has 2 heterocycles. The van der Waals surface area contributed by atoms with E-state index < -0.39 is 10.0 Å².